The molecule has 2 heterocycles. The maximum atomic E-state index is 12.7. The minimum atomic E-state index is -0.800. The lowest BCUT2D eigenvalue weighted by Crippen LogP contribution is -2.29. The number of pyridine rings is 1. The van der Waals surface area contributed by atoms with Crippen LogP contribution in [0.5, 0.6) is 0 Å². The van der Waals surface area contributed by atoms with Gasteiger partial charge in [-0.2, -0.15) is 0 Å². The van der Waals surface area contributed by atoms with Crippen molar-refractivity contribution in [1.82, 2.24) is 9.88 Å². The lowest BCUT2D eigenvalue weighted by atomic mass is 10.1. The molecular weight excluding hydrogens is 406 g/mol. The normalized spacial score (nSPS) is 15.3. The number of carbonyl (C=O) groups is 2. The van der Waals surface area contributed by atoms with Crippen LogP contribution in [0.2, 0.25) is 0 Å². The third kappa shape index (κ3) is 5.42. The molecule has 1 saturated heterocycles. The second-order valence-electron chi connectivity index (χ2n) is 6.57. The molecule has 29 heavy (non-hydrogen) atoms. The van der Waals surface area contributed by atoms with Crippen molar-refractivity contribution in [3.05, 3.63) is 53.1 Å². The Labute approximate surface area is 178 Å². The zero-order chi connectivity index (χ0) is 20.8. The number of aromatic nitrogens is 1. The molecule has 6 nitrogen and oxygen atoms in total. The summed E-state index contributed by atoms with van der Waals surface area (Å²) in [4.78, 5) is 30.0. The van der Waals surface area contributed by atoms with Gasteiger partial charge in [-0.3, -0.25) is 14.5 Å². The maximum absolute atomic E-state index is 12.7. The van der Waals surface area contributed by atoms with Gasteiger partial charge in [-0.05, 0) is 37.1 Å². The van der Waals surface area contributed by atoms with Crippen LogP contribution >= 0.6 is 24.0 Å². The SMILES string of the molecule is Nc1ccccc1-c1cccc(C=C2SC(=S)N(CCCCCC(=O)O)C2=O)n1. The van der Waals surface area contributed by atoms with Gasteiger partial charge in [-0.25, -0.2) is 4.98 Å². The summed E-state index contributed by atoms with van der Waals surface area (Å²) in [6.07, 6.45) is 3.94. The summed E-state index contributed by atoms with van der Waals surface area (Å²) in [5.41, 5.74) is 8.93. The zero-order valence-electron chi connectivity index (χ0n) is 15.7. The number of unbranched alkanes of at least 4 members (excludes halogenated alkanes) is 2. The number of thiocarbonyl (C=S) groups is 1. The Kier molecular flexibility index (Phi) is 7.00. The van der Waals surface area contributed by atoms with Gasteiger partial charge < -0.3 is 10.8 Å². The van der Waals surface area contributed by atoms with Crippen molar-refractivity contribution in [1.29, 1.82) is 0 Å². The van der Waals surface area contributed by atoms with E-state index in [1.165, 1.54) is 11.8 Å². The largest absolute Gasteiger partial charge is 0.481 e. The van der Waals surface area contributed by atoms with Crippen LogP contribution in [-0.4, -0.2) is 37.7 Å². The van der Waals surface area contributed by atoms with Crippen molar-refractivity contribution in [3.63, 3.8) is 0 Å². The molecule has 3 N–H and O–H groups in total. The van der Waals surface area contributed by atoms with Gasteiger partial charge in [0, 0.05) is 24.2 Å². The number of anilines is 1. The molecule has 1 aliphatic rings. The van der Waals surface area contributed by atoms with E-state index in [1.807, 2.05) is 42.5 Å². The van der Waals surface area contributed by atoms with E-state index in [0.717, 1.165) is 17.7 Å². The molecule has 0 bridgehead atoms. The molecule has 0 radical (unpaired) electrons. The summed E-state index contributed by atoms with van der Waals surface area (Å²) < 4.78 is 0.517. The molecule has 150 valence electrons. The monoisotopic (exact) mass is 427 g/mol. The average Bonchev–Trinajstić information content (AvgIpc) is 2.95. The molecule has 0 saturated carbocycles. The number of nitrogen functional groups attached to an aromatic ring is 1. The van der Waals surface area contributed by atoms with Crippen molar-refractivity contribution >= 4 is 51.9 Å². The van der Waals surface area contributed by atoms with Crippen LogP contribution in [0.15, 0.2) is 47.4 Å². The number of nitrogens with two attached hydrogens (primary N) is 1. The highest BCUT2D eigenvalue weighted by Crippen LogP contribution is 2.33. The summed E-state index contributed by atoms with van der Waals surface area (Å²) in [5.74, 6) is -0.935. The standard InChI is InChI=1S/C21H21N3O3S2/c22-16-9-4-3-8-15(16)17-10-6-7-14(23-17)13-18-20(27)24(21(28)29-18)12-5-1-2-11-19(25)26/h3-4,6-10,13H,1-2,5,11-12,22H2,(H,25,26). The first kappa shape index (κ1) is 21.0. The number of amides is 1. The molecule has 0 spiro atoms. The van der Waals surface area contributed by atoms with Crippen LogP contribution in [0, 0.1) is 0 Å². The number of aliphatic carboxylic acids is 1. The molecule has 1 aromatic heterocycles. The third-order valence-corrected chi connectivity index (χ3v) is 5.81. The van der Waals surface area contributed by atoms with Crippen LogP contribution in [0.25, 0.3) is 17.3 Å². The van der Waals surface area contributed by atoms with Crippen LogP contribution < -0.4 is 5.73 Å². The third-order valence-electron chi connectivity index (χ3n) is 4.43. The van der Waals surface area contributed by atoms with E-state index in [-0.39, 0.29) is 12.3 Å². The molecule has 1 aromatic carbocycles. The second-order valence-corrected chi connectivity index (χ2v) is 8.25. The van der Waals surface area contributed by atoms with E-state index in [9.17, 15) is 9.59 Å². The molecule has 2 aromatic rings. The number of carboxylic acids is 1. The Morgan fingerprint density at radius 3 is 2.72 bits per heavy atom. The smallest absolute Gasteiger partial charge is 0.303 e. The van der Waals surface area contributed by atoms with Crippen molar-refractivity contribution < 1.29 is 14.7 Å². The highest BCUT2D eigenvalue weighted by atomic mass is 32.2. The van der Waals surface area contributed by atoms with Gasteiger partial charge in [-0.1, -0.05) is 54.7 Å². The summed E-state index contributed by atoms with van der Waals surface area (Å²) in [5, 5.41) is 8.68. The number of benzene rings is 1. The van der Waals surface area contributed by atoms with Gasteiger partial charge in [0.2, 0.25) is 0 Å². The van der Waals surface area contributed by atoms with E-state index >= 15 is 0 Å². The fourth-order valence-electron chi connectivity index (χ4n) is 2.96. The molecule has 1 aliphatic heterocycles. The summed E-state index contributed by atoms with van der Waals surface area (Å²) in [7, 11) is 0. The Balaban J connectivity index is 1.69. The first-order valence-corrected chi connectivity index (χ1v) is 10.5. The van der Waals surface area contributed by atoms with Gasteiger partial charge in [0.05, 0.1) is 16.3 Å². The number of rotatable bonds is 8. The van der Waals surface area contributed by atoms with Gasteiger partial charge in [0.25, 0.3) is 5.91 Å². The highest BCUT2D eigenvalue weighted by molar-refractivity contribution is 8.26. The maximum Gasteiger partial charge on any atom is 0.303 e. The molecule has 1 fully saturated rings. The summed E-state index contributed by atoms with van der Waals surface area (Å²) in [6.45, 7) is 0.496. The minimum Gasteiger partial charge on any atom is -0.481 e. The fourth-order valence-corrected chi connectivity index (χ4v) is 4.26. The van der Waals surface area contributed by atoms with Crippen LogP contribution in [-0.2, 0) is 9.59 Å². The van der Waals surface area contributed by atoms with Crippen molar-refractivity contribution in [2.75, 3.05) is 12.3 Å². The predicted octanol–water partition coefficient (Wildman–Crippen LogP) is 4.18. The Hall–Kier alpha value is -2.71. The van der Waals surface area contributed by atoms with Crippen molar-refractivity contribution in [2.45, 2.75) is 25.7 Å². The number of nitrogens with zero attached hydrogens (tertiary/aromatic N) is 2. The number of para-hydroxylation sites is 1. The number of carboxylic acid groups (broad SMARTS) is 1. The van der Waals surface area contributed by atoms with E-state index < -0.39 is 5.97 Å². The van der Waals surface area contributed by atoms with Crippen LogP contribution in [0.3, 0.4) is 0 Å². The van der Waals surface area contributed by atoms with Crippen LogP contribution in [0.1, 0.15) is 31.4 Å². The van der Waals surface area contributed by atoms with E-state index in [4.69, 9.17) is 23.1 Å². The Morgan fingerprint density at radius 2 is 1.97 bits per heavy atom. The second kappa shape index (κ2) is 9.67. The van der Waals surface area contributed by atoms with Gasteiger partial charge >= 0.3 is 5.97 Å². The van der Waals surface area contributed by atoms with E-state index in [1.54, 1.807) is 11.0 Å². The number of thioether (sulfide) groups is 1. The predicted molar refractivity (Wildman–Crippen MR) is 120 cm³/mol. The zero-order valence-corrected chi connectivity index (χ0v) is 17.3. The van der Waals surface area contributed by atoms with E-state index in [0.29, 0.717) is 40.0 Å². The van der Waals surface area contributed by atoms with Crippen molar-refractivity contribution in [3.8, 4) is 11.3 Å². The summed E-state index contributed by atoms with van der Waals surface area (Å²) >= 11 is 6.61. The van der Waals surface area contributed by atoms with Crippen molar-refractivity contribution in [2.24, 2.45) is 0 Å². The molecule has 3 rings (SSSR count). The quantitative estimate of drug-likeness (QED) is 0.282. The molecule has 0 aliphatic carbocycles. The average molecular weight is 428 g/mol. The lowest BCUT2D eigenvalue weighted by Gasteiger charge is -2.13. The Bertz CT molecular complexity index is 975. The molecular formula is C21H21N3O3S2. The molecule has 1 amide bonds. The first-order chi connectivity index (χ1) is 14.0. The van der Waals surface area contributed by atoms with Gasteiger partial charge in [0.1, 0.15) is 4.32 Å². The fraction of sp³-hybridized carbons (Fsp3) is 0.238. The molecule has 0 atom stereocenters. The van der Waals surface area contributed by atoms with E-state index in [2.05, 4.69) is 4.98 Å². The lowest BCUT2D eigenvalue weighted by molar-refractivity contribution is -0.137. The minimum absolute atomic E-state index is 0.135. The summed E-state index contributed by atoms with van der Waals surface area (Å²) in [6, 6.07) is 13.1. The Morgan fingerprint density at radius 1 is 1.17 bits per heavy atom. The first-order valence-electron chi connectivity index (χ1n) is 9.25. The van der Waals surface area contributed by atoms with Crippen LogP contribution in [0.4, 0.5) is 5.69 Å². The molecule has 8 heteroatoms. The number of hydrogen-bond acceptors (Lipinski definition) is 6. The number of hydrogen-bond donors (Lipinski definition) is 2. The molecule has 0 unspecified atom stereocenters. The van der Waals surface area contributed by atoms with Gasteiger partial charge in [-0.15, -0.1) is 0 Å². The topological polar surface area (TPSA) is 96.5 Å². The van der Waals surface area contributed by atoms with Gasteiger partial charge in [0.15, 0.2) is 0 Å². The highest BCUT2D eigenvalue weighted by Gasteiger charge is 2.31. The number of carbonyl (C=O) groups excluding carboxylic acids is 1.